The molecule has 3 aromatic rings. The van der Waals surface area contributed by atoms with Crippen molar-refractivity contribution in [3.63, 3.8) is 0 Å². The summed E-state index contributed by atoms with van der Waals surface area (Å²) in [6.45, 7) is 6.17. The molecule has 1 aromatic heterocycles. The molecule has 0 atom stereocenters. The second-order valence-electron chi connectivity index (χ2n) is 6.17. The van der Waals surface area contributed by atoms with Gasteiger partial charge in [-0.15, -0.1) is 0 Å². The van der Waals surface area contributed by atoms with Gasteiger partial charge in [0.05, 0.1) is 0 Å². The van der Waals surface area contributed by atoms with Gasteiger partial charge in [0.25, 0.3) is 5.91 Å². The highest BCUT2D eigenvalue weighted by Crippen LogP contribution is 2.20. The lowest BCUT2D eigenvalue weighted by atomic mass is 10.1. The number of aromatic nitrogens is 1. The standard InChI is InChI=1S/C21H21N3O/c1-14-4-7-17(8-5-14)24-21(25)20-13-19(10-11-22-20)23-18-9-6-15(2)16(3)12-18/h4-13H,1-3H3,(H,22,23)(H,24,25). The lowest BCUT2D eigenvalue weighted by molar-refractivity contribution is 0.102. The van der Waals surface area contributed by atoms with Crippen LogP contribution in [0.5, 0.6) is 0 Å². The Labute approximate surface area is 147 Å². The maximum Gasteiger partial charge on any atom is 0.274 e. The van der Waals surface area contributed by atoms with E-state index < -0.39 is 0 Å². The molecule has 0 spiro atoms. The average Bonchev–Trinajstić information content (AvgIpc) is 2.60. The molecule has 2 aromatic carbocycles. The molecule has 1 heterocycles. The highest BCUT2D eigenvalue weighted by Gasteiger charge is 2.09. The predicted molar refractivity (Wildman–Crippen MR) is 103 cm³/mol. The molecule has 126 valence electrons. The number of benzene rings is 2. The summed E-state index contributed by atoms with van der Waals surface area (Å²) in [6, 6.07) is 17.5. The van der Waals surface area contributed by atoms with Gasteiger partial charge in [-0.2, -0.15) is 0 Å². The number of nitrogens with one attached hydrogen (secondary N) is 2. The van der Waals surface area contributed by atoms with Crippen LogP contribution in [-0.2, 0) is 0 Å². The first-order valence-corrected chi connectivity index (χ1v) is 8.19. The van der Waals surface area contributed by atoms with Crippen LogP contribution in [0.3, 0.4) is 0 Å². The van der Waals surface area contributed by atoms with Gasteiger partial charge in [-0.1, -0.05) is 23.8 Å². The van der Waals surface area contributed by atoms with Crippen LogP contribution in [0.1, 0.15) is 27.2 Å². The maximum absolute atomic E-state index is 12.4. The van der Waals surface area contributed by atoms with Crippen molar-refractivity contribution in [2.24, 2.45) is 0 Å². The van der Waals surface area contributed by atoms with E-state index in [0.717, 1.165) is 22.6 Å². The molecule has 0 aliphatic carbocycles. The Bertz CT molecular complexity index is 901. The minimum absolute atomic E-state index is 0.229. The number of hydrogen-bond acceptors (Lipinski definition) is 3. The topological polar surface area (TPSA) is 54.0 Å². The summed E-state index contributed by atoms with van der Waals surface area (Å²) in [5.41, 5.74) is 6.55. The van der Waals surface area contributed by atoms with E-state index in [4.69, 9.17) is 0 Å². The van der Waals surface area contributed by atoms with E-state index in [1.54, 1.807) is 12.3 Å². The first-order valence-electron chi connectivity index (χ1n) is 8.19. The SMILES string of the molecule is Cc1ccc(NC(=O)c2cc(Nc3ccc(C)c(C)c3)ccn2)cc1. The van der Waals surface area contributed by atoms with Crippen molar-refractivity contribution >= 4 is 23.0 Å². The Morgan fingerprint density at radius 2 is 1.48 bits per heavy atom. The molecule has 0 bridgehead atoms. The minimum Gasteiger partial charge on any atom is -0.355 e. The number of amides is 1. The molecule has 0 radical (unpaired) electrons. The van der Waals surface area contributed by atoms with E-state index in [1.807, 2.05) is 43.3 Å². The van der Waals surface area contributed by atoms with Gasteiger partial charge >= 0.3 is 0 Å². The second-order valence-corrected chi connectivity index (χ2v) is 6.17. The van der Waals surface area contributed by atoms with Crippen molar-refractivity contribution in [2.75, 3.05) is 10.6 Å². The van der Waals surface area contributed by atoms with Crippen LogP contribution in [0, 0.1) is 20.8 Å². The van der Waals surface area contributed by atoms with Crippen molar-refractivity contribution in [1.82, 2.24) is 4.98 Å². The van der Waals surface area contributed by atoms with Crippen molar-refractivity contribution in [1.29, 1.82) is 0 Å². The van der Waals surface area contributed by atoms with Crippen LogP contribution in [0.4, 0.5) is 17.1 Å². The molecule has 1 amide bonds. The molecule has 0 saturated carbocycles. The van der Waals surface area contributed by atoms with E-state index >= 15 is 0 Å². The van der Waals surface area contributed by atoms with E-state index in [1.165, 1.54) is 11.1 Å². The van der Waals surface area contributed by atoms with E-state index in [9.17, 15) is 4.79 Å². The third kappa shape index (κ3) is 4.23. The summed E-state index contributed by atoms with van der Waals surface area (Å²) < 4.78 is 0. The van der Waals surface area contributed by atoms with Crippen molar-refractivity contribution in [3.8, 4) is 0 Å². The van der Waals surface area contributed by atoms with Crippen LogP contribution >= 0.6 is 0 Å². The summed E-state index contributed by atoms with van der Waals surface area (Å²) >= 11 is 0. The van der Waals surface area contributed by atoms with Gasteiger partial charge in [0, 0.05) is 23.3 Å². The fraction of sp³-hybridized carbons (Fsp3) is 0.143. The number of anilines is 3. The van der Waals surface area contributed by atoms with Gasteiger partial charge in [-0.3, -0.25) is 9.78 Å². The van der Waals surface area contributed by atoms with E-state index in [-0.39, 0.29) is 5.91 Å². The fourth-order valence-electron chi connectivity index (χ4n) is 2.45. The van der Waals surface area contributed by atoms with Gasteiger partial charge < -0.3 is 10.6 Å². The van der Waals surface area contributed by atoms with E-state index in [0.29, 0.717) is 5.69 Å². The number of aryl methyl sites for hydroxylation is 3. The van der Waals surface area contributed by atoms with Crippen LogP contribution in [0.25, 0.3) is 0 Å². The van der Waals surface area contributed by atoms with Gasteiger partial charge in [-0.25, -0.2) is 0 Å². The highest BCUT2D eigenvalue weighted by molar-refractivity contribution is 6.03. The zero-order valence-electron chi connectivity index (χ0n) is 14.6. The van der Waals surface area contributed by atoms with Crippen LogP contribution in [0.2, 0.25) is 0 Å². The number of nitrogens with zero attached hydrogens (tertiary/aromatic N) is 1. The van der Waals surface area contributed by atoms with Gasteiger partial charge in [0.1, 0.15) is 5.69 Å². The van der Waals surface area contributed by atoms with Crippen LogP contribution in [0.15, 0.2) is 60.8 Å². The zero-order chi connectivity index (χ0) is 17.8. The summed E-state index contributed by atoms with van der Waals surface area (Å²) in [5.74, 6) is -0.229. The van der Waals surface area contributed by atoms with Crippen molar-refractivity contribution in [3.05, 3.63) is 83.2 Å². The lowest BCUT2D eigenvalue weighted by Gasteiger charge is -2.10. The summed E-state index contributed by atoms with van der Waals surface area (Å²) in [6.07, 6.45) is 1.63. The summed E-state index contributed by atoms with van der Waals surface area (Å²) in [4.78, 5) is 16.6. The molecule has 4 nitrogen and oxygen atoms in total. The number of carbonyl (C=O) groups excluding carboxylic acids is 1. The largest absolute Gasteiger partial charge is 0.355 e. The Morgan fingerprint density at radius 1 is 0.800 bits per heavy atom. The molecule has 2 N–H and O–H groups in total. The second kappa shape index (κ2) is 7.18. The Kier molecular flexibility index (Phi) is 4.80. The Balaban J connectivity index is 1.75. The zero-order valence-corrected chi connectivity index (χ0v) is 14.6. The molecule has 4 heteroatoms. The first-order chi connectivity index (χ1) is 12.0. The number of carbonyl (C=O) groups is 1. The predicted octanol–water partition coefficient (Wildman–Crippen LogP) is 5.00. The number of pyridine rings is 1. The minimum atomic E-state index is -0.229. The maximum atomic E-state index is 12.4. The molecule has 0 unspecified atom stereocenters. The average molecular weight is 331 g/mol. The van der Waals surface area contributed by atoms with E-state index in [2.05, 4.69) is 41.6 Å². The molecular formula is C21H21N3O. The highest BCUT2D eigenvalue weighted by atomic mass is 16.1. The van der Waals surface area contributed by atoms with Crippen molar-refractivity contribution < 1.29 is 4.79 Å². The lowest BCUT2D eigenvalue weighted by Crippen LogP contribution is -2.13. The molecule has 3 rings (SSSR count). The Hall–Kier alpha value is -3.14. The smallest absolute Gasteiger partial charge is 0.274 e. The molecule has 0 saturated heterocycles. The van der Waals surface area contributed by atoms with Gasteiger partial charge in [0.15, 0.2) is 0 Å². The molecule has 0 fully saturated rings. The number of hydrogen-bond donors (Lipinski definition) is 2. The van der Waals surface area contributed by atoms with Crippen LogP contribution in [-0.4, -0.2) is 10.9 Å². The normalized spacial score (nSPS) is 10.4. The third-order valence-corrected chi connectivity index (χ3v) is 4.10. The first kappa shape index (κ1) is 16.7. The molecule has 25 heavy (non-hydrogen) atoms. The van der Waals surface area contributed by atoms with Crippen molar-refractivity contribution in [2.45, 2.75) is 20.8 Å². The molecular weight excluding hydrogens is 310 g/mol. The van der Waals surface area contributed by atoms with Gasteiger partial charge in [-0.05, 0) is 68.3 Å². The molecule has 0 aliphatic heterocycles. The molecule has 0 aliphatic rings. The quantitative estimate of drug-likeness (QED) is 0.707. The monoisotopic (exact) mass is 331 g/mol. The Morgan fingerprint density at radius 3 is 2.20 bits per heavy atom. The third-order valence-electron chi connectivity index (χ3n) is 4.10. The summed E-state index contributed by atoms with van der Waals surface area (Å²) in [7, 11) is 0. The van der Waals surface area contributed by atoms with Crippen LogP contribution < -0.4 is 10.6 Å². The summed E-state index contributed by atoms with van der Waals surface area (Å²) in [5, 5.41) is 6.18. The van der Waals surface area contributed by atoms with Gasteiger partial charge in [0.2, 0.25) is 0 Å². The number of rotatable bonds is 4. The fourth-order valence-corrected chi connectivity index (χ4v) is 2.45.